The highest BCUT2D eigenvalue weighted by Crippen LogP contribution is 2.39. The number of halogens is 1. The van der Waals surface area contributed by atoms with Crippen LogP contribution in [0, 0.1) is 6.92 Å². The van der Waals surface area contributed by atoms with Crippen LogP contribution in [0.4, 0.5) is 5.13 Å². The van der Waals surface area contributed by atoms with Gasteiger partial charge in [-0.15, -0.1) is 0 Å². The Morgan fingerprint density at radius 3 is 2.39 bits per heavy atom. The summed E-state index contributed by atoms with van der Waals surface area (Å²) in [6, 6.07) is 10.6. The predicted octanol–water partition coefficient (Wildman–Crippen LogP) is 3.78. The first-order valence-electron chi connectivity index (χ1n) is 8.85. The van der Waals surface area contributed by atoms with E-state index in [0.29, 0.717) is 41.8 Å². The molecule has 9 heteroatoms. The van der Waals surface area contributed by atoms with Gasteiger partial charge >= 0.3 is 0 Å². The van der Waals surface area contributed by atoms with E-state index in [1.165, 1.54) is 15.6 Å². The minimum Gasteiger partial charge on any atom is -0.494 e. The van der Waals surface area contributed by atoms with Crippen molar-refractivity contribution < 1.29 is 13.2 Å². The third-order valence-corrected chi connectivity index (χ3v) is 8.32. The average molecular weight is 438 g/mol. The van der Waals surface area contributed by atoms with E-state index in [9.17, 15) is 8.42 Å². The first-order chi connectivity index (χ1) is 13.4. The van der Waals surface area contributed by atoms with Gasteiger partial charge in [-0.3, -0.25) is 0 Å². The fraction of sp³-hybridized carbons (Fsp3) is 0.316. The fourth-order valence-corrected chi connectivity index (χ4v) is 5.95. The van der Waals surface area contributed by atoms with Crippen LogP contribution in [0.3, 0.4) is 0 Å². The highest BCUT2D eigenvalue weighted by Gasteiger charge is 2.29. The number of aromatic nitrogens is 1. The third-order valence-electron chi connectivity index (χ3n) is 4.84. The van der Waals surface area contributed by atoms with Gasteiger partial charge in [-0.1, -0.05) is 40.6 Å². The number of hydrogen-bond donors (Lipinski definition) is 0. The second-order valence-electron chi connectivity index (χ2n) is 6.63. The van der Waals surface area contributed by atoms with Crippen LogP contribution < -0.4 is 9.64 Å². The lowest BCUT2D eigenvalue weighted by molar-refractivity contribution is 0.384. The van der Waals surface area contributed by atoms with Crippen LogP contribution in [0.1, 0.15) is 5.56 Å². The molecule has 2 heterocycles. The van der Waals surface area contributed by atoms with Crippen molar-refractivity contribution in [2.75, 3.05) is 38.2 Å². The second kappa shape index (κ2) is 7.51. The molecule has 148 valence electrons. The average Bonchev–Trinajstić information content (AvgIpc) is 3.15. The molecule has 0 bridgehead atoms. The number of aryl methyl sites for hydroxylation is 1. The van der Waals surface area contributed by atoms with Crippen LogP contribution in [-0.2, 0) is 10.0 Å². The van der Waals surface area contributed by atoms with Crippen LogP contribution >= 0.6 is 22.9 Å². The SMILES string of the molecule is COc1ccc(Cl)c2sc(N3CCN(S(=O)(=O)c4ccc(C)cc4)CC3)nc12. The number of anilines is 1. The van der Waals surface area contributed by atoms with Crippen molar-refractivity contribution in [2.45, 2.75) is 11.8 Å². The van der Waals surface area contributed by atoms with Gasteiger partial charge in [0, 0.05) is 26.2 Å². The van der Waals surface area contributed by atoms with E-state index in [4.69, 9.17) is 21.3 Å². The van der Waals surface area contributed by atoms with Crippen molar-refractivity contribution in [2.24, 2.45) is 0 Å². The first kappa shape index (κ1) is 19.4. The number of fused-ring (bicyclic) bond motifs is 1. The first-order valence-corrected chi connectivity index (χ1v) is 11.5. The zero-order chi connectivity index (χ0) is 19.9. The zero-order valence-corrected chi connectivity index (χ0v) is 17.9. The highest BCUT2D eigenvalue weighted by atomic mass is 35.5. The molecular weight excluding hydrogens is 418 g/mol. The smallest absolute Gasteiger partial charge is 0.243 e. The lowest BCUT2D eigenvalue weighted by Gasteiger charge is -2.33. The molecule has 1 fully saturated rings. The lowest BCUT2D eigenvalue weighted by atomic mass is 10.2. The Hall–Kier alpha value is -1.87. The molecule has 1 saturated heterocycles. The number of methoxy groups -OCH3 is 1. The molecule has 0 saturated carbocycles. The normalized spacial score (nSPS) is 15.9. The molecule has 6 nitrogen and oxygen atoms in total. The number of thiazole rings is 1. The minimum absolute atomic E-state index is 0.336. The molecule has 1 aliphatic heterocycles. The summed E-state index contributed by atoms with van der Waals surface area (Å²) >= 11 is 7.81. The largest absolute Gasteiger partial charge is 0.494 e. The number of hydrogen-bond acceptors (Lipinski definition) is 6. The Morgan fingerprint density at radius 1 is 1.07 bits per heavy atom. The van der Waals surface area contributed by atoms with Gasteiger partial charge in [-0.05, 0) is 31.2 Å². The van der Waals surface area contributed by atoms with Crippen LogP contribution in [0.2, 0.25) is 5.02 Å². The van der Waals surface area contributed by atoms with Gasteiger partial charge in [0.25, 0.3) is 0 Å². The summed E-state index contributed by atoms with van der Waals surface area (Å²) in [7, 11) is -1.87. The maximum atomic E-state index is 12.9. The second-order valence-corrected chi connectivity index (χ2v) is 9.95. The minimum atomic E-state index is -3.48. The maximum Gasteiger partial charge on any atom is 0.243 e. The molecule has 0 unspecified atom stereocenters. The Balaban J connectivity index is 1.54. The quantitative estimate of drug-likeness (QED) is 0.621. The molecule has 0 aliphatic carbocycles. The number of benzene rings is 2. The molecule has 3 aromatic rings. The van der Waals surface area contributed by atoms with Crippen molar-refractivity contribution in [3.05, 3.63) is 47.0 Å². The number of nitrogens with zero attached hydrogens (tertiary/aromatic N) is 3. The summed E-state index contributed by atoms with van der Waals surface area (Å²) in [5.41, 5.74) is 1.78. The molecule has 2 aromatic carbocycles. The summed E-state index contributed by atoms with van der Waals surface area (Å²) in [4.78, 5) is 7.13. The number of sulfonamides is 1. The van der Waals surface area contributed by atoms with E-state index in [0.717, 1.165) is 20.9 Å². The maximum absolute atomic E-state index is 12.9. The molecule has 28 heavy (non-hydrogen) atoms. The third kappa shape index (κ3) is 3.45. The summed E-state index contributed by atoms with van der Waals surface area (Å²) in [6.45, 7) is 3.91. The molecule has 1 aromatic heterocycles. The van der Waals surface area contributed by atoms with E-state index in [-0.39, 0.29) is 0 Å². The monoisotopic (exact) mass is 437 g/mol. The van der Waals surface area contributed by atoms with Crippen molar-refractivity contribution in [3.8, 4) is 5.75 Å². The number of rotatable bonds is 4. The molecule has 0 atom stereocenters. The van der Waals surface area contributed by atoms with Crippen LogP contribution in [0.5, 0.6) is 5.75 Å². The molecule has 4 rings (SSSR count). The summed E-state index contributed by atoms with van der Waals surface area (Å²) in [5, 5.41) is 1.47. The summed E-state index contributed by atoms with van der Waals surface area (Å²) in [6.07, 6.45) is 0. The zero-order valence-electron chi connectivity index (χ0n) is 15.6. The van der Waals surface area contributed by atoms with Crippen LogP contribution in [-0.4, -0.2) is 51.0 Å². The van der Waals surface area contributed by atoms with E-state index < -0.39 is 10.0 Å². The summed E-state index contributed by atoms with van der Waals surface area (Å²) < 4.78 is 33.5. The highest BCUT2D eigenvalue weighted by molar-refractivity contribution is 7.89. The number of ether oxygens (including phenoxy) is 1. The van der Waals surface area contributed by atoms with Crippen molar-refractivity contribution in [1.82, 2.24) is 9.29 Å². The Labute approximate surface area is 173 Å². The fourth-order valence-electron chi connectivity index (χ4n) is 3.22. The Morgan fingerprint density at radius 2 is 1.75 bits per heavy atom. The number of piperazine rings is 1. The molecule has 0 spiro atoms. The topological polar surface area (TPSA) is 62.7 Å². The van der Waals surface area contributed by atoms with Gasteiger partial charge in [-0.25, -0.2) is 13.4 Å². The molecule has 0 radical (unpaired) electrons. The van der Waals surface area contributed by atoms with Gasteiger partial charge in [0.15, 0.2) is 5.13 Å². The van der Waals surface area contributed by atoms with Gasteiger partial charge in [-0.2, -0.15) is 4.31 Å². The van der Waals surface area contributed by atoms with Crippen molar-refractivity contribution in [1.29, 1.82) is 0 Å². The molecule has 0 amide bonds. The van der Waals surface area contributed by atoms with Gasteiger partial charge in [0.2, 0.25) is 10.0 Å². The van der Waals surface area contributed by atoms with Crippen molar-refractivity contribution >= 4 is 48.3 Å². The van der Waals surface area contributed by atoms with Gasteiger partial charge < -0.3 is 9.64 Å². The molecule has 0 N–H and O–H groups in total. The predicted molar refractivity (Wildman–Crippen MR) is 113 cm³/mol. The van der Waals surface area contributed by atoms with Crippen LogP contribution in [0.25, 0.3) is 10.2 Å². The van der Waals surface area contributed by atoms with E-state index in [2.05, 4.69) is 4.90 Å². The lowest BCUT2D eigenvalue weighted by Crippen LogP contribution is -2.48. The standard InChI is InChI=1S/C19H20ClN3O3S2/c1-13-3-5-14(6-4-13)28(24,25)23-11-9-22(10-12-23)19-21-17-16(26-2)8-7-15(20)18(17)27-19/h3-8H,9-12H2,1-2H3. The van der Waals surface area contributed by atoms with Gasteiger partial charge in [0.05, 0.1) is 21.7 Å². The van der Waals surface area contributed by atoms with Crippen LogP contribution in [0.15, 0.2) is 41.3 Å². The van der Waals surface area contributed by atoms with Crippen molar-refractivity contribution in [3.63, 3.8) is 0 Å². The Kier molecular flexibility index (Phi) is 5.22. The van der Waals surface area contributed by atoms with E-state index in [1.807, 2.05) is 19.1 Å². The molecular formula is C19H20ClN3O3S2. The van der Waals surface area contributed by atoms with E-state index >= 15 is 0 Å². The summed E-state index contributed by atoms with van der Waals surface area (Å²) in [5.74, 6) is 0.683. The Bertz CT molecular complexity index is 1110. The van der Waals surface area contributed by atoms with Gasteiger partial charge in [0.1, 0.15) is 11.3 Å². The van der Waals surface area contributed by atoms with E-state index in [1.54, 1.807) is 31.4 Å². The molecule has 1 aliphatic rings.